The predicted molar refractivity (Wildman–Crippen MR) is 81.6 cm³/mol. The molecule has 0 atom stereocenters. The minimum absolute atomic E-state index is 0.489. The Morgan fingerprint density at radius 1 is 1.32 bits per heavy atom. The van der Waals surface area contributed by atoms with Gasteiger partial charge in [-0.3, -0.25) is 4.68 Å². The summed E-state index contributed by atoms with van der Waals surface area (Å²) in [4.78, 5) is 0. The molecule has 0 fully saturated rings. The van der Waals surface area contributed by atoms with Crippen molar-refractivity contribution in [2.75, 3.05) is 5.73 Å². The van der Waals surface area contributed by atoms with Crippen LogP contribution in [-0.2, 0) is 13.5 Å². The molecule has 0 saturated carbocycles. The molecule has 5 heteroatoms. The summed E-state index contributed by atoms with van der Waals surface area (Å²) in [6.07, 6.45) is 0.859. The lowest BCUT2D eigenvalue weighted by Gasteiger charge is -2.08. The molecule has 0 aliphatic rings. The van der Waals surface area contributed by atoms with Gasteiger partial charge in [0.25, 0.3) is 0 Å². The van der Waals surface area contributed by atoms with Crippen LogP contribution in [0, 0.1) is 5.92 Å². The Morgan fingerprint density at radius 2 is 2.00 bits per heavy atom. The fourth-order valence-electron chi connectivity index (χ4n) is 2.09. The number of benzene rings is 1. The molecule has 0 spiro atoms. The summed E-state index contributed by atoms with van der Waals surface area (Å²) in [5, 5.41) is 5.53. The van der Waals surface area contributed by atoms with Crippen LogP contribution in [0.3, 0.4) is 0 Å². The number of halogens is 2. The summed E-state index contributed by atoms with van der Waals surface area (Å²) in [5.74, 6) is 1.17. The SMILES string of the molecule is CC(C)Cc1c(-c2cccc(Cl)c2Cl)nn(C)c1N. The molecular weight excluding hydrogens is 281 g/mol. The van der Waals surface area contributed by atoms with Gasteiger partial charge in [0, 0.05) is 18.2 Å². The maximum atomic E-state index is 6.28. The van der Waals surface area contributed by atoms with Crippen molar-refractivity contribution >= 4 is 29.0 Å². The number of hydrogen-bond acceptors (Lipinski definition) is 2. The zero-order valence-corrected chi connectivity index (χ0v) is 12.8. The van der Waals surface area contributed by atoms with E-state index in [1.54, 1.807) is 10.7 Å². The number of hydrogen-bond donors (Lipinski definition) is 1. The first-order valence-corrected chi connectivity index (χ1v) is 6.93. The molecule has 0 unspecified atom stereocenters. The van der Waals surface area contributed by atoms with E-state index < -0.39 is 0 Å². The van der Waals surface area contributed by atoms with Crippen LogP contribution in [-0.4, -0.2) is 9.78 Å². The van der Waals surface area contributed by atoms with Gasteiger partial charge in [-0.05, 0) is 18.4 Å². The van der Waals surface area contributed by atoms with Crippen molar-refractivity contribution in [3.8, 4) is 11.3 Å². The number of nitrogens with two attached hydrogens (primary N) is 1. The molecule has 0 aliphatic heterocycles. The molecule has 0 saturated heterocycles. The van der Waals surface area contributed by atoms with E-state index >= 15 is 0 Å². The van der Waals surface area contributed by atoms with E-state index in [2.05, 4.69) is 18.9 Å². The molecule has 1 aromatic carbocycles. The quantitative estimate of drug-likeness (QED) is 0.924. The van der Waals surface area contributed by atoms with Gasteiger partial charge >= 0.3 is 0 Å². The first kappa shape index (κ1) is 14.2. The fraction of sp³-hybridized carbons (Fsp3) is 0.357. The average molecular weight is 298 g/mol. The van der Waals surface area contributed by atoms with E-state index in [1.807, 2.05) is 19.2 Å². The molecule has 19 heavy (non-hydrogen) atoms. The molecule has 102 valence electrons. The summed E-state index contributed by atoms with van der Waals surface area (Å²) < 4.78 is 1.68. The van der Waals surface area contributed by atoms with Gasteiger partial charge in [0.05, 0.1) is 15.7 Å². The minimum Gasteiger partial charge on any atom is -0.384 e. The Kier molecular flexibility index (Phi) is 4.07. The zero-order chi connectivity index (χ0) is 14.2. The van der Waals surface area contributed by atoms with E-state index in [0.29, 0.717) is 21.8 Å². The molecule has 0 radical (unpaired) electrons. The maximum Gasteiger partial charge on any atom is 0.125 e. The van der Waals surface area contributed by atoms with E-state index in [9.17, 15) is 0 Å². The molecule has 2 aromatic rings. The second-order valence-corrected chi connectivity index (χ2v) is 5.82. The largest absolute Gasteiger partial charge is 0.384 e. The molecule has 3 nitrogen and oxygen atoms in total. The maximum absolute atomic E-state index is 6.28. The van der Waals surface area contributed by atoms with Gasteiger partial charge in [-0.15, -0.1) is 0 Å². The van der Waals surface area contributed by atoms with Gasteiger partial charge in [0.15, 0.2) is 0 Å². The Morgan fingerprint density at radius 3 is 2.63 bits per heavy atom. The van der Waals surface area contributed by atoms with Crippen molar-refractivity contribution in [3.63, 3.8) is 0 Å². The van der Waals surface area contributed by atoms with Gasteiger partial charge < -0.3 is 5.73 Å². The van der Waals surface area contributed by atoms with Crippen molar-refractivity contribution in [2.45, 2.75) is 20.3 Å². The second-order valence-electron chi connectivity index (χ2n) is 5.04. The summed E-state index contributed by atoms with van der Waals surface area (Å²) >= 11 is 12.3. The predicted octanol–water partition coefficient (Wildman–Crippen LogP) is 4.17. The summed E-state index contributed by atoms with van der Waals surface area (Å²) in [5.41, 5.74) is 8.78. The standard InChI is InChI=1S/C14H17Cl2N3/c1-8(2)7-10-13(18-19(3)14(10)17)9-5-4-6-11(15)12(9)16/h4-6,8H,7,17H2,1-3H3. The number of nitrogens with zero attached hydrogens (tertiary/aromatic N) is 2. The highest BCUT2D eigenvalue weighted by atomic mass is 35.5. The third kappa shape index (κ3) is 2.72. The highest BCUT2D eigenvalue weighted by molar-refractivity contribution is 6.43. The van der Waals surface area contributed by atoms with Crippen LogP contribution >= 0.6 is 23.2 Å². The van der Waals surface area contributed by atoms with Crippen LogP contribution in [0.4, 0.5) is 5.82 Å². The lowest BCUT2D eigenvalue weighted by Crippen LogP contribution is -2.02. The smallest absolute Gasteiger partial charge is 0.125 e. The third-order valence-electron chi connectivity index (χ3n) is 3.01. The first-order chi connectivity index (χ1) is 8.91. The number of rotatable bonds is 3. The van der Waals surface area contributed by atoms with Gasteiger partial charge in [0.1, 0.15) is 5.82 Å². The third-order valence-corrected chi connectivity index (χ3v) is 3.83. The molecular formula is C14H17Cl2N3. The second kappa shape index (κ2) is 5.43. The van der Waals surface area contributed by atoms with Gasteiger partial charge in [-0.1, -0.05) is 49.2 Å². The van der Waals surface area contributed by atoms with Crippen molar-refractivity contribution < 1.29 is 0 Å². The highest BCUT2D eigenvalue weighted by Crippen LogP contribution is 2.36. The molecule has 0 aliphatic carbocycles. The summed E-state index contributed by atoms with van der Waals surface area (Å²) in [7, 11) is 1.83. The fourth-order valence-corrected chi connectivity index (χ4v) is 2.48. The van der Waals surface area contributed by atoms with Crippen LogP contribution in [0.5, 0.6) is 0 Å². The lowest BCUT2D eigenvalue weighted by molar-refractivity contribution is 0.648. The van der Waals surface area contributed by atoms with Crippen molar-refractivity contribution in [2.24, 2.45) is 13.0 Å². The number of nitrogen functional groups attached to an aromatic ring is 1. The highest BCUT2D eigenvalue weighted by Gasteiger charge is 2.19. The Hall–Kier alpha value is -1.19. The normalized spacial score (nSPS) is 11.3. The average Bonchev–Trinajstić information content (AvgIpc) is 2.60. The first-order valence-electron chi connectivity index (χ1n) is 6.17. The molecule has 0 bridgehead atoms. The van der Waals surface area contributed by atoms with Crippen molar-refractivity contribution in [1.29, 1.82) is 0 Å². The minimum atomic E-state index is 0.489. The number of aromatic nitrogens is 2. The molecule has 2 rings (SSSR count). The Labute approximate surface area is 123 Å². The van der Waals surface area contributed by atoms with Crippen LogP contribution in [0.25, 0.3) is 11.3 Å². The topological polar surface area (TPSA) is 43.8 Å². The van der Waals surface area contributed by atoms with E-state index in [1.165, 1.54) is 0 Å². The molecule has 1 aromatic heterocycles. The van der Waals surface area contributed by atoms with Crippen LogP contribution in [0.1, 0.15) is 19.4 Å². The van der Waals surface area contributed by atoms with Gasteiger partial charge in [-0.2, -0.15) is 5.10 Å². The van der Waals surface area contributed by atoms with Gasteiger partial charge in [-0.25, -0.2) is 0 Å². The number of aryl methyl sites for hydroxylation is 1. The summed E-state index contributed by atoms with van der Waals surface area (Å²) in [6, 6.07) is 5.55. The number of anilines is 1. The monoisotopic (exact) mass is 297 g/mol. The van der Waals surface area contributed by atoms with Crippen LogP contribution < -0.4 is 5.73 Å². The van der Waals surface area contributed by atoms with Gasteiger partial charge in [0.2, 0.25) is 0 Å². The Balaban J connectivity index is 2.62. The van der Waals surface area contributed by atoms with Crippen LogP contribution in [0.15, 0.2) is 18.2 Å². The lowest BCUT2D eigenvalue weighted by atomic mass is 9.99. The van der Waals surface area contributed by atoms with Crippen molar-refractivity contribution in [1.82, 2.24) is 9.78 Å². The van der Waals surface area contributed by atoms with Crippen LogP contribution in [0.2, 0.25) is 10.0 Å². The van der Waals surface area contributed by atoms with E-state index in [-0.39, 0.29) is 0 Å². The van der Waals surface area contributed by atoms with Crippen molar-refractivity contribution in [3.05, 3.63) is 33.8 Å². The molecule has 2 N–H and O–H groups in total. The molecule has 1 heterocycles. The molecule has 0 amide bonds. The zero-order valence-electron chi connectivity index (χ0n) is 11.2. The summed E-state index contributed by atoms with van der Waals surface area (Å²) in [6.45, 7) is 4.30. The van der Waals surface area contributed by atoms with E-state index in [0.717, 1.165) is 23.2 Å². The van der Waals surface area contributed by atoms with E-state index in [4.69, 9.17) is 28.9 Å². The Bertz CT molecular complexity index is 603.